The lowest BCUT2D eigenvalue weighted by Gasteiger charge is -2.30. The van der Waals surface area contributed by atoms with Gasteiger partial charge in [-0.25, -0.2) is 14.6 Å². The summed E-state index contributed by atoms with van der Waals surface area (Å²) < 4.78 is 12.4. The molecule has 1 atom stereocenters. The number of methoxy groups -OCH3 is 1. The Bertz CT molecular complexity index is 1610. The van der Waals surface area contributed by atoms with Crippen molar-refractivity contribution < 1.29 is 24.0 Å². The molecule has 0 radical (unpaired) electrons. The first-order valence-electron chi connectivity index (χ1n) is 12.7. The van der Waals surface area contributed by atoms with E-state index < -0.39 is 22.8 Å². The summed E-state index contributed by atoms with van der Waals surface area (Å²) >= 11 is 0. The third-order valence-corrected chi connectivity index (χ3v) is 6.41. The van der Waals surface area contributed by atoms with E-state index in [0.29, 0.717) is 17.0 Å². The second kappa shape index (κ2) is 13.1. The summed E-state index contributed by atoms with van der Waals surface area (Å²) in [5.41, 5.74) is 3.47. The highest BCUT2D eigenvalue weighted by Crippen LogP contribution is 2.40. The number of non-ortho nitro benzene ring substituents is 1. The summed E-state index contributed by atoms with van der Waals surface area (Å²) in [5.74, 6) is 3.70. The van der Waals surface area contributed by atoms with Gasteiger partial charge in [-0.3, -0.25) is 10.1 Å². The number of imidazole rings is 1. The molecular formula is C31H28N4O6. The molecule has 0 spiro atoms. The Morgan fingerprint density at radius 1 is 1.12 bits per heavy atom. The molecule has 10 nitrogen and oxygen atoms in total. The van der Waals surface area contributed by atoms with Crippen LogP contribution >= 0.6 is 0 Å². The van der Waals surface area contributed by atoms with Gasteiger partial charge in [0.05, 0.1) is 35.4 Å². The van der Waals surface area contributed by atoms with Gasteiger partial charge in [-0.05, 0) is 49.3 Å². The predicted molar refractivity (Wildman–Crippen MR) is 151 cm³/mol. The predicted octanol–water partition coefficient (Wildman–Crippen LogP) is 4.40. The minimum atomic E-state index is -0.920. The topological polar surface area (TPSA) is 126 Å². The molecule has 41 heavy (non-hydrogen) atoms. The minimum absolute atomic E-state index is 0.0634. The molecule has 0 saturated carbocycles. The number of ether oxygens (including phenoxy) is 2. The molecule has 0 saturated heterocycles. The maximum atomic E-state index is 13.3. The van der Waals surface area contributed by atoms with Crippen LogP contribution in [0.15, 0.2) is 102 Å². The molecule has 0 amide bonds. The number of nitrogens with zero attached hydrogens (tertiary/aromatic N) is 3. The fourth-order valence-electron chi connectivity index (χ4n) is 4.51. The quantitative estimate of drug-likeness (QED) is 0.189. The summed E-state index contributed by atoms with van der Waals surface area (Å²) in [5, 5.41) is 14.4. The lowest BCUT2D eigenvalue weighted by atomic mass is 9.80. The third-order valence-electron chi connectivity index (χ3n) is 6.41. The number of nitro groups is 1. The van der Waals surface area contributed by atoms with Crippen LogP contribution in [0, 0.1) is 22.0 Å². The molecule has 208 valence electrons. The average molecular weight is 553 g/mol. The summed E-state index contributed by atoms with van der Waals surface area (Å²) in [4.78, 5) is 40.9. The fraction of sp³-hybridized carbons (Fsp3) is 0.194. The van der Waals surface area contributed by atoms with Gasteiger partial charge in [0, 0.05) is 48.0 Å². The average Bonchev–Trinajstić information content (AvgIpc) is 3.48. The van der Waals surface area contributed by atoms with Gasteiger partial charge in [0.15, 0.2) is 0 Å². The highest BCUT2D eigenvalue weighted by Gasteiger charge is 2.38. The van der Waals surface area contributed by atoms with E-state index in [9.17, 15) is 19.7 Å². The Balaban J connectivity index is 1.46. The highest BCUT2D eigenvalue weighted by molar-refractivity contribution is 5.99. The molecule has 3 aromatic rings. The second-order valence-corrected chi connectivity index (χ2v) is 9.18. The largest absolute Gasteiger partial charge is 0.466 e. The summed E-state index contributed by atoms with van der Waals surface area (Å²) in [7, 11) is 1.23. The fourth-order valence-corrected chi connectivity index (χ4v) is 4.51. The van der Waals surface area contributed by atoms with Crippen molar-refractivity contribution in [2.75, 3.05) is 13.7 Å². The highest BCUT2D eigenvalue weighted by atomic mass is 16.6. The zero-order valence-electron chi connectivity index (χ0n) is 22.8. The standard InChI is InChI=1S/C31H28N4O6/c1-21-27(30(36)40-3)29(25-9-7-10-26(18-25)35(38)39)28(22(2)33-21)31(37)41-17-6-4-5-8-23-11-13-24(14-12-23)19-34-16-15-32-20-34/h4,6-7,9-16,18,20,29,33H,17,19H2,1-3H3/b6-4+. The van der Waals surface area contributed by atoms with Gasteiger partial charge < -0.3 is 19.4 Å². The lowest BCUT2D eigenvalue weighted by molar-refractivity contribution is -0.384. The molecule has 0 bridgehead atoms. The molecule has 1 aromatic heterocycles. The minimum Gasteiger partial charge on any atom is -0.466 e. The molecule has 0 fully saturated rings. The molecule has 0 aliphatic carbocycles. The van der Waals surface area contributed by atoms with Crippen LogP contribution in [0.1, 0.15) is 36.5 Å². The molecule has 1 aliphatic rings. The van der Waals surface area contributed by atoms with E-state index in [0.717, 1.165) is 17.7 Å². The van der Waals surface area contributed by atoms with Gasteiger partial charge in [-0.1, -0.05) is 36.1 Å². The maximum Gasteiger partial charge on any atom is 0.337 e. The smallest absolute Gasteiger partial charge is 0.337 e. The van der Waals surface area contributed by atoms with Crippen molar-refractivity contribution in [3.8, 4) is 11.8 Å². The van der Waals surface area contributed by atoms with Crippen LogP contribution in [-0.2, 0) is 25.6 Å². The van der Waals surface area contributed by atoms with Gasteiger partial charge in [-0.2, -0.15) is 0 Å². The number of nitrogens with one attached hydrogen (secondary N) is 1. The Kier molecular flexibility index (Phi) is 9.12. The van der Waals surface area contributed by atoms with Crippen LogP contribution in [0.5, 0.6) is 0 Å². The van der Waals surface area contributed by atoms with E-state index in [1.54, 1.807) is 44.6 Å². The summed E-state index contributed by atoms with van der Waals surface area (Å²) in [6.07, 6.45) is 8.60. The normalized spacial score (nSPS) is 14.8. The number of hydrogen-bond acceptors (Lipinski definition) is 8. The van der Waals surface area contributed by atoms with Gasteiger partial charge >= 0.3 is 11.9 Å². The number of allylic oxidation sites excluding steroid dienone is 3. The second-order valence-electron chi connectivity index (χ2n) is 9.18. The van der Waals surface area contributed by atoms with Crippen molar-refractivity contribution in [3.05, 3.63) is 129 Å². The first-order valence-corrected chi connectivity index (χ1v) is 12.7. The number of nitro benzene ring substituents is 1. The van der Waals surface area contributed by atoms with E-state index in [1.807, 2.05) is 35.0 Å². The van der Waals surface area contributed by atoms with Crippen molar-refractivity contribution in [3.63, 3.8) is 0 Å². The van der Waals surface area contributed by atoms with Crippen LogP contribution in [0.25, 0.3) is 0 Å². The number of dihydropyridines is 1. The monoisotopic (exact) mass is 552 g/mol. The number of carbonyl (C=O) groups is 2. The van der Waals surface area contributed by atoms with Crippen molar-refractivity contribution in [1.29, 1.82) is 0 Å². The first kappa shape index (κ1) is 28.6. The summed E-state index contributed by atoms with van der Waals surface area (Å²) in [6.45, 7) is 4.02. The molecule has 1 unspecified atom stereocenters. The van der Waals surface area contributed by atoms with E-state index in [1.165, 1.54) is 25.3 Å². The molecule has 4 rings (SSSR count). The zero-order chi connectivity index (χ0) is 29.4. The SMILES string of the molecule is COC(=O)C1=C(C)NC(C)=C(C(=O)OC/C=C/C#Cc2ccc(Cn3ccnc3)cc2)C1c1cccc([N+](=O)[O-])c1. The van der Waals surface area contributed by atoms with Crippen molar-refractivity contribution in [1.82, 2.24) is 14.9 Å². The Hall–Kier alpha value is -5.43. The molecule has 10 heteroatoms. The maximum absolute atomic E-state index is 13.3. The number of aromatic nitrogens is 2. The molecule has 1 N–H and O–H groups in total. The van der Waals surface area contributed by atoms with Crippen molar-refractivity contribution in [2.24, 2.45) is 0 Å². The Morgan fingerprint density at radius 2 is 1.85 bits per heavy atom. The van der Waals surface area contributed by atoms with Crippen LogP contribution in [0.3, 0.4) is 0 Å². The van der Waals surface area contributed by atoms with Gasteiger partial charge in [0.1, 0.15) is 6.61 Å². The number of hydrogen-bond donors (Lipinski definition) is 1. The van der Waals surface area contributed by atoms with Gasteiger partial charge in [-0.15, -0.1) is 0 Å². The van der Waals surface area contributed by atoms with Crippen molar-refractivity contribution in [2.45, 2.75) is 26.3 Å². The first-order chi connectivity index (χ1) is 19.8. The van der Waals surface area contributed by atoms with Crippen LogP contribution in [0.2, 0.25) is 0 Å². The zero-order valence-corrected chi connectivity index (χ0v) is 22.8. The van der Waals surface area contributed by atoms with E-state index in [-0.39, 0.29) is 23.4 Å². The van der Waals surface area contributed by atoms with E-state index in [2.05, 4.69) is 22.1 Å². The number of esters is 2. The summed E-state index contributed by atoms with van der Waals surface area (Å²) in [6, 6.07) is 13.7. The van der Waals surface area contributed by atoms with E-state index in [4.69, 9.17) is 9.47 Å². The number of rotatable bonds is 8. The Morgan fingerprint density at radius 3 is 2.51 bits per heavy atom. The number of benzene rings is 2. The van der Waals surface area contributed by atoms with Crippen LogP contribution in [0.4, 0.5) is 5.69 Å². The molecule has 2 aromatic carbocycles. The van der Waals surface area contributed by atoms with E-state index >= 15 is 0 Å². The molecule has 2 heterocycles. The van der Waals surface area contributed by atoms with Crippen LogP contribution < -0.4 is 5.32 Å². The Labute approximate surface area is 237 Å². The van der Waals surface area contributed by atoms with Gasteiger partial charge in [0.25, 0.3) is 5.69 Å². The van der Waals surface area contributed by atoms with Crippen LogP contribution in [-0.4, -0.2) is 40.1 Å². The lowest BCUT2D eigenvalue weighted by Crippen LogP contribution is -2.32. The van der Waals surface area contributed by atoms with Crippen molar-refractivity contribution >= 4 is 17.6 Å². The third kappa shape index (κ3) is 6.96. The molecule has 1 aliphatic heterocycles. The number of carbonyl (C=O) groups excluding carboxylic acids is 2. The van der Waals surface area contributed by atoms with Gasteiger partial charge in [0.2, 0.25) is 0 Å². The molecular weight excluding hydrogens is 524 g/mol.